The smallest absolute Gasteiger partial charge is 0.306 e. The number of esters is 1. The number of methoxy groups -OCH3 is 1. The molecule has 0 aliphatic heterocycles. The molecule has 1 fully saturated rings. The summed E-state index contributed by atoms with van der Waals surface area (Å²) in [6.45, 7) is 4.11. The molecule has 0 spiro atoms. The largest absolute Gasteiger partial charge is 0.469 e. The fraction of sp³-hybridized carbons (Fsp3) is 0.929. The quantitative estimate of drug-likeness (QED) is 0.652. The van der Waals surface area contributed by atoms with Gasteiger partial charge in [0.05, 0.1) is 25.0 Å². The van der Waals surface area contributed by atoms with Crippen LogP contribution in [0.4, 0.5) is 0 Å². The molecule has 1 N–H and O–H groups in total. The molecule has 118 valence electrons. The van der Waals surface area contributed by atoms with Crippen molar-refractivity contribution < 1.29 is 17.9 Å². The number of ether oxygens (including phenoxy) is 1. The summed E-state index contributed by atoms with van der Waals surface area (Å²) in [5, 5.41) is 3.10. The minimum Gasteiger partial charge on any atom is -0.469 e. The highest BCUT2D eigenvalue weighted by atomic mass is 32.2. The Bertz CT molecular complexity index is 428. The molecule has 0 amide bonds. The van der Waals surface area contributed by atoms with Gasteiger partial charge in [0.2, 0.25) is 0 Å². The summed E-state index contributed by atoms with van der Waals surface area (Å²) in [6, 6.07) is -0.0288. The molecular weight excluding hydrogens is 278 g/mol. The van der Waals surface area contributed by atoms with Crippen LogP contribution in [0.3, 0.4) is 0 Å². The molecule has 0 aromatic rings. The van der Waals surface area contributed by atoms with Crippen LogP contribution in [-0.2, 0) is 19.4 Å². The maximum absolute atomic E-state index is 12.4. The lowest BCUT2D eigenvalue weighted by atomic mass is 10.0. The van der Waals surface area contributed by atoms with Crippen molar-refractivity contribution in [2.45, 2.75) is 45.6 Å². The van der Waals surface area contributed by atoms with Gasteiger partial charge in [0, 0.05) is 6.04 Å². The molecule has 1 aliphatic carbocycles. The van der Waals surface area contributed by atoms with Gasteiger partial charge in [-0.2, -0.15) is 0 Å². The first-order valence-electron chi connectivity index (χ1n) is 7.22. The first-order chi connectivity index (χ1) is 9.27. The molecule has 0 radical (unpaired) electrons. The first kappa shape index (κ1) is 17.4. The Hall–Kier alpha value is -0.620. The van der Waals surface area contributed by atoms with Crippen molar-refractivity contribution in [3.63, 3.8) is 0 Å². The fourth-order valence-electron chi connectivity index (χ4n) is 2.54. The van der Waals surface area contributed by atoms with Crippen LogP contribution in [0.5, 0.6) is 0 Å². The molecular formula is C14H27NO4S. The number of hydrogen-bond donors (Lipinski definition) is 1. The van der Waals surface area contributed by atoms with Gasteiger partial charge in [-0.15, -0.1) is 0 Å². The minimum atomic E-state index is -3.17. The van der Waals surface area contributed by atoms with E-state index in [2.05, 4.69) is 23.9 Å². The van der Waals surface area contributed by atoms with Crippen LogP contribution in [0.25, 0.3) is 0 Å². The third-order valence-electron chi connectivity index (χ3n) is 4.37. The molecule has 0 bridgehead atoms. The highest BCUT2D eigenvalue weighted by molar-refractivity contribution is 7.91. The van der Waals surface area contributed by atoms with E-state index in [1.807, 2.05) is 0 Å². The van der Waals surface area contributed by atoms with Gasteiger partial charge in [0.1, 0.15) is 0 Å². The fourth-order valence-corrected chi connectivity index (χ4v) is 5.03. The van der Waals surface area contributed by atoms with Crippen LogP contribution in [0.15, 0.2) is 0 Å². The van der Waals surface area contributed by atoms with Crippen molar-refractivity contribution in [2.75, 3.05) is 25.7 Å². The second kappa shape index (κ2) is 6.89. The predicted molar refractivity (Wildman–Crippen MR) is 79.3 cm³/mol. The zero-order valence-electron chi connectivity index (χ0n) is 12.9. The summed E-state index contributed by atoms with van der Waals surface area (Å²) in [5.41, 5.74) is -0.361. The molecule has 0 aromatic heterocycles. The maximum Gasteiger partial charge on any atom is 0.306 e. The number of nitrogens with one attached hydrogen (secondary N) is 1. The lowest BCUT2D eigenvalue weighted by Crippen LogP contribution is -2.40. The lowest BCUT2D eigenvalue weighted by Gasteiger charge is -2.23. The molecule has 1 aliphatic rings. The van der Waals surface area contributed by atoms with Crippen molar-refractivity contribution >= 4 is 15.8 Å². The Morgan fingerprint density at radius 2 is 2.00 bits per heavy atom. The van der Waals surface area contributed by atoms with E-state index in [9.17, 15) is 13.2 Å². The van der Waals surface area contributed by atoms with Gasteiger partial charge in [-0.1, -0.05) is 20.3 Å². The Morgan fingerprint density at radius 1 is 1.40 bits per heavy atom. The van der Waals surface area contributed by atoms with Crippen molar-refractivity contribution in [3.8, 4) is 0 Å². The van der Waals surface area contributed by atoms with E-state index in [4.69, 9.17) is 0 Å². The summed E-state index contributed by atoms with van der Waals surface area (Å²) < 4.78 is 29.4. The second-order valence-electron chi connectivity index (χ2n) is 6.09. The van der Waals surface area contributed by atoms with Crippen LogP contribution >= 0.6 is 0 Å². The van der Waals surface area contributed by atoms with Gasteiger partial charge in [-0.25, -0.2) is 8.42 Å². The van der Waals surface area contributed by atoms with Crippen LogP contribution in [0, 0.1) is 11.3 Å². The molecule has 20 heavy (non-hydrogen) atoms. The maximum atomic E-state index is 12.4. The molecule has 0 saturated heterocycles. The number of sulfone groups is 1. The summed E-state index contributed by atoms with van der Waals surface area (Å²) in [6.07, 6.45) is 2.76. The van der Waals surface area contributed by atoms with Crippen molar-refractivity contribution in [3.05, 3.63) is 0 Å². The van der Waals surface area contributed by atoms with E-state index in [1.54, 1.807) is 7.05 Å². The van der Waals surface area contributed by atoms with E-state index in [0.29, 0.717) is 5.92 Å². The van der Waals surface area contributed by atoms with E-state index >= 15 is 0 Å². The first-order valence-corrected chi connectivity index (χ1v) is 9.04. The number of rotatable bonds is 9. The van der Waals surface area contributed by atoms with Crippen molar-refractivity contribution in [1.29, 1.82) is 0 Å². The molecule has 5 nitrogen and oxygen atoms in total. The van der Waals surface area contributed by atoms with Crippen molar-refractivity contribution in [2.24, 2.45) is 11.3 Å². The Balaban J connectivity index is 2.63. The highest BCUT2D eigenvalue weighted by Gasteiger charge is 2.48. The van der Waals surface area contributed by atoms with E-state index in [-0.39, 0.29) is 35.4 Å². The standard InChI is InChI=1S/C14H27NO4S/c1-5-11(2)12(15-3)9-20(17,18)10-14(6-7-14)8-13(16)19-4/h11-12,15H,5-10H2,1-4H3. The Labute approximate surface area is 122 Å². The average Bonchev–Trinajstić information content (AvgIpc) is 3.13. The Morgan fingerprint density at radius 3 is 2.40 bits per heavy atom. The summed E-state index contributed by atoms with van der Waals surface area (Å²) in [5.74, 6) is 0.237. The molecule has 1 saturated carbocycles. The van der Waals surface area contributed by atoms with Gasteiger partial charge in [-0.3, -0.25) is 4.79 Å². The van der Waals surface area contributed by atoms with Gasteiger partial charge in [0.15, 0.2) is 9.84 Å². The van der Waals surface area contributed by atoms with Gasteiger partial charge in [0.25, 0.3) is 0 Å². The molecule has 0 heterocycles. The molecule has 2 atom stereocenters. The molecule has 6 heteroatoms. The van der Waals surface area contributed by atoms with E-state index in [1.165, 1.54) is 7.11 Å². The predicted octanol–water partition coefficient (Wildman–Crippen LogP) is 1.38. The lowest BCUT2D eigenvalue weighted by molar-refractivity contribution is -0.141. The third kappa shape index (κ3) is 5.05. The topological polar surface area (TPSA) is 72.5 Å². The van der Waals surface area contributed by atoms with Crippen LogP contribution < -0.4 is 5.32 Å². The van der Waals surface area contributed by atoms with Crippen LogP contribution in [0.2, 0.25) is 0 Å². The zero-order chi connectivity index (χ0) is 15.4. The van der Waals surface area contributed by atoms with Gasteiger partial charge in [-0.05, 0) is 31.2 Å². The summed E-state index contributed by atoms with van der Waals surface area (Å²) >= 11 is 0. The normalized spacial score (nSPS) is 20.2. The molecule has 2 unspecified atom stereocenters. The zero-order valence-corrected chi connectivity index (χ0v) is 13.8. The highest BCUT2D eigenvalue weighted by Crippen LogP contribution is 2.50. The number of carbonyl (C=O) groups is 1. The second-order valence-corrected chi connectivity index (χ2v) is 8.20. The third-order valence-corrected chi connectivity index (χ3v) is 6.28. The van der Waals surface area contributed by atoms with E-state index < -0.39 is 9.84 Å². The van der Waals surface area contributed by atoms with E-state index in [0.717, 1.165) is 19.3 Å². The van der Waals surface area contributed by atoms with Gasteiger partial charge >= 0.3 is 5.97 Å². The van der Waals surface area contributed by atoms with Crippen LogP contribution in [0.1, 0.15) is 39.5 Å². The van der Waals surface area contributed by atoms with Gasteiger partial charge < -0.3 is 10.1 Å². The molecule has 0 aromatic carbocycles. The van der Waals surface area contributed by atoms with Crippen molar-refractivity contribution in [1.82, 2.24) is 5.32 Å². The Kier molecular flexibility index (Phi) is 6.01. The minimum absolute atomic E-state index is 0.0288. The number of carbonyl (C=O) groups excluding carboxylic acids is 1. The molecule has 1 rings (SSSR count). The SMILES string of the molecule is CCC(C)C(CS(=O)(=O)CC1(CC(=O)OC)CC1)NC. The average molecular weight is 305 g/mol. The summed E-state index contributed by atoms with van der Waals surface area (Å²) in [4.78, 5) is 11.4. The monoisotopic (exact) mass is 305 g/mol. The van der Waals surface area contributed by atoms with Crippen LogP contribution in [-0.4, -0.2) is 46.1 Å². The summed E-state index contributed by atoms with van der Waals surface area (Å²) in [7, 11) is -0.0279. The number of hydrogen-bond acceptors (Lipinski definition) is 5.